The molecule has 152 valence electrons. The van der Waals surface area contributed by atoms with Crippen LogP contribution in [-0.2, 0) is 0 Å². The first-order chi connectivity index (χ1) is 13.5. The first-order valence-electron chi connectivity index (χ1n) is 11.0. The van der Waals surface area contributed by atoms with Gasteiger partial charge >= 0.3 is 0 Å². The predicted octanol–water partition coefficient (Wildman–Crippen LogP) is 5.61. The topological polar surface area (TPSA) is 32.3 Å². The van der Waals surface area contributed by atoms with Gasteiger partial charge in [-0.25, -0.2) is 9.97 Å². The number of pyridine rings is 2. The highest BCUT2D eigenvalue weighted by molar-refractivity contribution is 5.42. The van der Waals surface area contributed by atoms with Crippen LogP contribution in [0.15, 0.2) is 36.7 Å². The molecule has 2 aliphatic heterocycles. The maximum absolute atomic E-state index is 4.51. The van der Waals surface area contributed by atoms with Crippen molar-refractivity contribution in [2.45, 2.75) is 65.2 Å². The molecule has 2 saturated heterocycles. The van der Waals surface area contributed by atoms with E-state index in [0.717, 1.165) is 11.6 Å². The van der Waals surface area contributed by atoms with E-state index in [1.165, 1.54) is 63.0 Å². The van der Waals surface area contributed by atoms with Crippen LogP contribution in [-0.4, -0.2) is 36.1 Å². The molecule has 0 bridgehead atoms. The minimum absolute atomic E-state index is 0.579. The Morgan fingerprint density at radius 2 is 1.25 bits per heavy atom. The van der Waals surface area contributed by atoms with Gasteiger partial charge in [0.2, 0.25) is 0 Å². The summed E-state index contributed by atoms with van der Waals surface area (Å²) in [6.07, 6.45) is 9.20. The van der Waals surface area contributed by atoms with Crippen LogP contribution in [0.4, 0.5) is 11.6 Å². The molecule has 0 aliphatic carbocycles. The van der Waals surface area contributed by atoms with E-state index >= 15 is 0 Å². The van der Waals surface area contributed by atoms with Crippen molar-refractivity contribution in [1.29, 1.82) is 0 Å². The Kier molecular flexibility index (Phi) is 7.30. The van der Waals surface area contributed by atoms with Gasteiger partial charge in [-0.1, -0.05) is 33.8 Å². The van der Waals surface area contributed by atoms with Crippen LogP contribution < -0.4 is 9.80 Å². The van der Waals surface area contributed by atoms with Gasteiger partial charge in [-0.05, 0) is 66.8 Å². The fourth-order valence-electron chi connectivity index (χ4n) is 3.78. The second kappa shape index (κ2) is 9.90. The van der Waals surface area contributed by atoms with Gasteiger partial charge in [-0.15, -0.1) is 0 Å². The molecule has 2 aliphatic rings. The van der Waals surface area contributed by atoms with Gasteiger partial charge in [0.1, 0.15) is 11.6 Å². The summed E-state index contributed by atoms with van der Waals surface area (Å²) >= 11 is 0. The molecular formula is C24H36N4. The lowest BCUT2D eigenvalue weighted by Gasteiger charge is -2.17. The van der Waals surface area contributed by atoms with Crippen LogP contribution in [0.1, 0.15) is 76.3 Å². The highest BCUT2D eigenvalue weighted by Gasteiger charge is 2.14. The summed E-state index contributed by atoms with van der Waals surface area (Å²) in [5, 5.41) is 0. The predicted molar refractivity (Wildman–Crippen MR) is 120 cm³/mol. The Balaban J connectivity index is 0.000000161. The van der Waals surface area contributed by atoms with E-state index in [1.54, 1.807) is 0 Å². The molecule has 0 atom stereocenters. The van der Waals surface area contributed by atoms with Gasteiger partial charge in [0, 0.05) is 38.6 Å². The fourth-order valence-corrected chi connectivity index (χ4v) is 3.78. The molecule has 0 amide bonds. The van der Waals surface area contributed by atoms with Crippen molar-refractivity contribution in [3.8, 4) is 0 Å². The third-order valence-electron chi connectivity index (χ3n) is 5.73. The average Bonchev–Trinajstić information content (AvgIpc) is 3.43. The Labute approximate surface area is 171 Å². The maximum atomic E-state index is 4.51. The van der Waals surface area contributed by atoms with Crippen molar-refractivity contribution in [2.75, 3.05) is 36.0 Å². The van der Waals surface area contributed by atoms with E-state index in [1.807, 2.05) is 12.4 Å². The Morgan fingerprint density at radius 1 is 0.679 bits per heavy atom. The summed E-state index contributed by atoms with van der Waals surface area (Å²) in [5.74, 6) is 3.48. The van der Waals surface area contributed by atoms with Crippen molar-refractivity contribution in [1.82, 2.24) is 9.97 Å². The van der Waals surface area contributed by atoms with Crippen molar-refractivity contribution >= 4 is 11.6 Å². The van der Waals surface area contributed by atoms with E-state index in [0.29, 0.717) is 11.8 Å². The van der Waals surface area contributed by atoms with Crippen molar-refractivity contribution in [3.63, 3.8) is 0 Å². The van der Waals surface area contributed by atoms with Gasteiger partial charge in [0.25, 0.3) is 0 Å². The summed E-state index contributed by atoms with van der Waals surface area (Å²) in [6.45, 7) is 13.6. The zero-order valence-electron chi connectivity index (χ0n) is 18.1. The molecule has 0 unspecified atom stereocenters. The molecule has 4 rings (SSSR count). The highest BCUT2D eigenvalue weighted by Crippen LogP contribution is 2.22. The van der Waals surface area contributed by atoms with Crippen molar-refractivity contribution in [2.24, 2.45) is 0 Å². The van der Waals surface area contributed by atoms with Crippen molar-refractivity contribution in [3.05, 3.63) is 47.8 Å². The standard InChI is InChI=1S/2C12H18N2/c1-10(2)11-5-6-13-12(9-11)14-7-3-4-8-14;1-10(2)11-5-6-12(13-9-11)14-7-3-4-8-14/h2*5-6,9-10H,3-4,7-8H2,1-2H3. The molecular weight excluding hydrogens is 344 g/mol. The smallest absolute Gasteiger partial charge is 0.128 e. The molecule has 0 N–H and O–H groups in total. The molecule has 0 saturated carbocycles. The molecule has 0 spiro atoms. The molecule has 2 fully saturated rings. The molecule has 4 nitrogen and oxygen atoms in total. The van der Waals surface area contributed by atoms with Crippen LogP contribution in [0.5, 0.6) is 0 Å². The van der Waals surface area contributed by atoms with Gasteiger partial charge < -0.3 is 9.80 Å². The second-order valence-electron chi connectivity index (χ2n) is 8.59. The van der Waals surface area contributed by atoms with Crippen LogP contribution in [0.2, 0.25) is 0 Å². The zero-order valence-corrected chi connectivity index (χ0v) is 18.1. The maximum Gasteiger partial charge on any atom is 0.128 e. The lowest BCUT2D eigenvalue weighted by Crippen LogP contribution is -2.19. The van der Waals surface area contributed by atoms with Gasteiger partial charge in [0.15, 0.2) is 0 Å². The fraction of sp³-hybridized carbons (Fsp3) is 0.583. The molecule has 4 heteroatoms. The number of rotatable bonds is 4. The van der Waals surface area contributed by atoms with Crippen LogP contribution >= 0.6 is 0 Å². The second-order valence-corrected chi connectivity index (χ2v) is 8.59. The Morgan fingerprint density at radius 3 is 1.75 bits per heavy atom. The highest BCUT2D eigenvalue weighted by atomic mass is 15.2. The minimum Gasteiger partial charge on any atom is -0.357 e. The molecule has 0 aromatic carbocycles. The normalized spacial score (nSPS) is 16.6. The van der Waals surface area contributed by atoms with Crippen LogP contribution in [0.3, 0.4) is 0 Å². The summed E-state index contributed by atoms with van der Waals surface area (Å²) in [4.78, 5) is 13.7. The summed E-state index contributed by atoms with van der Waals surface area (Å²) in [7, 11) is 0. The Hall–Kier alpha value is -2.10. The average molecular weight is 381 g/mol. The van der Waals surface area contributed by atoms with Crippen molar-refractivity contribution < 1.29 is 0 Å². The summed E-state index contributed by atoms with van der Waals surface area (Å²) < 4.78 is 0. The Bertz CT molecular complexity index is 712. The summed E-state index contributed by atoms with van der Waals surface area (Å²) in [6, 6.07) is 8.70. The van der Waals surface area contributed by atoms with Gasteiger partial charge in [-0.3, -0.25) is 0 Å². The molecule has 2 aromatic heterocycles. The quantitative estimate of drug-likeness (QED) is 0.690. The summed E-state index contributed by atoms with van der Waals surface area (Å²) in [5.41, 5.74) is 2.72. The molecule has 28 heavy (non-hydrogen) atoms. The number of hydrogen-bond acceptors (Lipinski definition) is 4. The first kappa shape index (κ1) is 20.6. The SMILES string of the molecule is CC(C)c1ccc(N2CCCC2)nc1.CC(C)c1ccnc(N2CCCC2)c1. The number of hydrogen-bond donors (Lipinski definition) is 0. The lowest BCUT2D eigenvalue weighted by molar-refractivity contribution is 0.851. The monoisotopic (exact) mass is 380 g/mol. The molecule has 2 aromatic rings. The van der Waals surface area contributed by atoms with Crippen LogP contribution in [0, 0.1) is 0 Å². The van der Waals surface area contributed by atoms with Gasteiger partial charge in [0.05, 0.1) is 0 Å². The first-order valence-corrected chi connectivity index (χ1v) is 11.0. The van der Waals surface area contributed by atoms with Gasteiger partial charge in [-0.2, -0.15) is 0 Å². The molecule has 4 heterocycles. The number of aromatic nitrogens is 2. The number of nitrogens with zero attached hydrogens (tertiary/aromatic N) is 4. The van der Waals surface area contributed by atoms with E-state index < -0.39 is 0 Å². The molecule has 0 radical (unpaired) electrons. The van der Waals surface area contributed by atoms with E-state index in [2.05, 4.69) is 71.7 Å². The van der Waals surface area contributed by atoms with E-state index in [9.17, 15) is 0 Å². The third kappa shape index (κ3) is 5.46. The lowest BCUT2D eigenvalue weighted by atomic mass is 10.1. The number of anilines is 2. The van der Waals surface area contributed by atoms with E-state index in [-0.39, 0.29) is 0 Å². The zero-order chi connectivity index (χ0) is 19.9. The third-order valence-corrected chi connectivity index (χ3v) is 5.73. The largest absolute Gasteiger partial charge is 0.357 e. The minimum atomic E-state index is 0.579. The van der Waals surface area contributed by atoms with Crippen LogP contribution in [0.25, 0.3) is 0 Å². The van der Waals surface area contributed by atoms with E-state index in [4.69, 9.17) is 0 Å².